The van der Waals surface area contributed by atoms with Crippen LogP contribution in [0.4, 0.5) is 0 Å². The van der Waals surface area contributed by atoms with Gasteiger partial charge in [0.25, 0.3) is 0 Å². The summed E-state index contributed by atoms with van der Waals surface area (Å²) in [5.41, 5.74) is 1.46. The van der Waals surface area contributed by atoms with E-state index < -0.39 is 10.1 Å². The van der Waals surface area contributed by atoms with Crippen molar-refractivity contribution in [2.45, 2.75) is 18.7 Å². The molecule has 0 N–H and O–H groups in total. The molecule has 0 bridgehead atoms. The molecule has 0 atom stereocenters. The number of benzene rings is 2. The van der Waals surface area contributed by atoms with Gasteiger partial charge in [0, 0.05) is 5.02 Å². The molecule has 0 fully saturated rings. The minimum absolute atomic E-state index is 0.0772. The molecule has 0 aliphatic heterocycles. The van der Waals surface area contributed by atoms with E-state index in [2.05, 4.69) is 0 Å². The van der Waals surface area contributed by atoms with Gasteiger partial charge in [0.05, 0.1) is 7.11 Å². The van der Waals surface area contributed by atoms with Gasteiger partial charge in [-0.15, -0.1) is 0 Å². The lowest BCUT2D eigenvalue weighted by atomic mass is 10.2. The van der Waals surface area contributed by atoms with Crippen molar-refractivity contribution < 1.29 is 17.3 Å². The number of halogens is 1. The van der Waals surface area contributed by atoms with Gasteiger partial charge in [0.15, 0.2) is 0 Å². The number of hydrogen-bond acceptors (Lipinski definition) is 4. The second kappa shape index (κ2) is 5.95. The molecule has 0 radical (unpaired) electrons. The Bertz CT molecular complexity index is 769. The number of rotatable bonds is 4. The molecule has 0 aliphatic rings. The fraction of sp³-hybridized carbons (Fsp3) is 0.200. The quantitative estimate of drug-likeness (QED) is 0.803. The summed E-state index contributed by atoms with van der Waals surface area (Å²) in [4.78, 5) is 0.0772. The molecule has 4 nitrogen and oxygen atoms in total. The molecule has 6 heteroatoms. The van der Waals surface area contributed by atoms with Crippen LogP contribution >= 0.6 is 11.6 Å². The van der Waals surface area contributed by atoms with E-state index in [1.807, 2.05) is 0 Å². The van der Waals surface area contributed by atoms with E-state index in [0.717, 1.165) is 11.1 Å². The zero-order valence-electron chi connectivity index (χ0n) is 11.9. The highest BCUT2D eigenvalue weighted by Gasteiger charge is 2.18. The monoisotopic (exact) mass is 326 g/mol. The maximum absolute atomic E-state index is 12.3. The van der Waals surface area contributed by atoms with E-state index in [-0.39, 0.29) is 10.6 Å². The average molecular weight is 327 g/mol. The van der Waals surface area contributed by atoms with Crippen LogP contribution in [0.2, 0.25) is 5.02 Å². The zero-order valence-corrected chi connectivity index (χ0v) is 13.5. The Morgan fingerprint density at radius 1 is 1.00 bits per heavy atom. The minimum atomic E-state index is -3.89. The van der Waals surface area contributed by atoms with Gasteiger partial charge in [0.1, 0.15) is 16.4 Å². The summed E-state index contributed by atoms with van der Waals surface area (Å²) in [5, 5.41) is 0.556. The van der Waals surface area contributed by atoms with Crippen LogP contribution in [0.25, 0.3) is 0 Å². The van der Waals surface area contributed by atoms with Crippen molar-refractivity contribution in [1.29, 1.82) is 0 Å². The molecule has 2 aromatic carbocycles. The van der Waals surface area contributed by atoms with Crippen molar-refractivity contribution in [2.75, 3.05) is 7.11 Å². The molecule has 112 valence electrons. The highest BCUT2D eigenvalue weighted by atomic mass is 35.5. The van der Waals surface area contributed by atoms with Crippen LogP contribution in [0.1, 0.15) is 11.1 Å². The van der Waals surface area contributed by atoms with E-state index >= 15 is 0 Å². The first-order valence-electron chi connectivity index (χ1n) is 6.19. The second-order valence-electron chi connectivity index (χ2n) is 4.58. The van der Waals surface area contributed by atoms with Gasteiger partial charge in [0.2, 0.25) is 0 Å². The molecule has 21 heavy (non-hydrogen) atoms. The molecule has 0 unspecified atom stereocenters. The summed E-state index contributed by atoms with van der Waals surface area (Å²) in [6.45, 7) is 3.55. The normalized spacial score (nSPS) is 11.2. The van der Waals surface area contributed by atoms with Gasteiger partial charge in [-0.1, -0.05) is 11.6 Å². The van der Waals surface area contributed by atoms with Crippen LogP contribution in [-0.2, 0) is 10.1 Å². The van der Waals surface area contributed by atoms with Gasteiger partial charge < -0.3 is 8.92 Å². The zero-order chi connectivity index (χ0) is 15.6. The van der Waals surface area contributed by atoms with Gasteiger partial charge in [-0.25, -0.2) is 0 Å². The Morgan fingerprint density at radius 2 is 1.71 bits per heavy atom. The molecule has 0 saturated heterocycles. The number of ether oxygens (including phenoxy) is 1. The topological polar surface area (TPSA) is 52.6 Å². The van der Waals surface area contributed by atoms with E-state index in [0.29, 0.717) is 10.8 Å². The van der Waals surface area contributed by atoms with Crippen molar-refractivity contribution in [1.82, 2.24) is 0 Å². The maximum Gasteiger partial charge on any atom is 0.339 e. The Morgan fingerprint density at radius 3 is 2.29 bits per heavy atom. The van der Waals surface area contributed by atoms with Crippen LogP contribution in [0.15, 0.2) is 41.3 Å². The first-order chi connectivity index (χ1) is 9.83. The number of aryl methyl sites for hydroxylation is 2. The summed E-state index contributed by atoms with van der Waals surface area (Å²) in [7, 11) is -2.36. The van der Waals surface area contributed by atoms with Crippen molar-refractivity contribution in [3.8, 4) is 11.5 Å². The summed E-state index contributed by atoms with van der Waals surface area (Å²) >= 11 is 5.90. The molecule has 2 aromatic rings. The molecule has 0 saturated carbocycles. The fourth-order valence-electron chi connectivity index (χ4n) is 1.85. The predicted molar refractivity (Wildman–Crippen MR) is 81.7 cm³/mol. The molecule has 0 aromatic heterocycles. The molecule has 2 rings (SSSR count). The molecular formula is C15H15ClO4S. The number of hydrogen-bond donors (Lipinski definition) is 0. The van der Waals surface area contributed by atoms with Gasteiger partial charge in [-0.05, 0) is 61.4 Å². The molecule has 0 heterocycles. The smallest absolute Gasteiger partial charge is 0.339 e. The molecular weight excluding hydrogens is 312 g/mol. The Balaban J connectivity index is 2.33. The SMILES string of the molecule is COc1ccc(S(=O)(=O)Oc2ccc(Cl)c(C)c2)cc1C. The van der Waals surface area contributed by atoms with Crippen molar-refractivity contribution in [3.05, 3.63) is 52.5 Å². The largest absolute Gasteiger partial charge is 0.496 e. The third-order valence-corrected chi connectivity index (χ3v) is 4.66. The van der Waals surface area contributed by atoms with Crippen molar-refractivity contribution >= 4 is 21.7 Å². The standard InChI is InChI=1S/C15H15ClO4S/c1-10-8-12(4-6-14(10)16)20-21(17,18)13-5-7-15(19-3)11(2)9-13/h4-9H,1-3H3. The van der Waals surface area contributed by atoms with Crippen LogP contribution in [0.3, 0.4) is 0 Å². The van der Waals surface area contributed by atoms with Gasteiger partial charge in [-0.2, -0.15) is 8.42 Å². The number of methoxy groups -OCH3 is 1. The van der Waals surface area contributed by atoms with Crippen LogP contribution in [0, 0.1) is 13.8 Å². The lowest BCUT2D eigenvalue weighted by Gasteiger charge is -2.10. The van der Waals surface area contributed by atoms with E-state index in [4.69, 9.17) is 20.5 Å². The Hall–Kier alpha value is -1.72. The van der Waals surface area contributed by atoms with E-state index in [1.165, 1.54) is 25.3 Å². The average Bonchev–Trinajstić information content (AvgIpc) is 2.42. The Labute approximate surface area is 129 Å². The second-order valence-corrected chi connectivity index (χ2v) is 6.53. The lowest BCUT2D eigenvalue weighted by molar-refractivity contribution is 0.411. The van der Waals surface area contributed by atoms with Crippen molar-refractivity contribution in [3.63, 3.8) is 0 Å². The van der Waals surface area contributed by atoms with Gasteiger partial charge >= 0.3 is 10.1 Å². The first kappa shape index (κ1) is 15.7. The van der Waals surface area contributed by atoms with Crippen molar-refractivity contribution in [2.24, 2.45) is 0 Å². The Kier molecular flexibility index (Phi) is 4.44. The van der Waals surface area contributed by atoms with E-state index in [9.17, 15) is 8.42 Å². The summed E-state index contributed by atoms with van der Waals surface area (Å²) in [6, 6.07) is 9.25. The summed E-state index contributed by atoms with van der Waals surface area (Å²) in [5.74, 6) is 0.849. The van der Waals surface area contributed by atoms with Crippen LogP contribution in [0.5, 0.6) is 11.5 Å². The summed E-state index contributed by atoms with van der Waals surface area (Å²) < 4.78 is 34.7. The van der Waals surface area contributed by atoms with Gasteiger partial charge in [-0.3, -0.25) is 0 Å². The maximum atomic E-state index is 12.3. The van der Waals surface area contributed by atoms with E-state index in [1.54, 1.807) is 32.0 Å². The third kappa shape index (κ3) is 3.49. The fourth-order valence-corrected chi connectivity index (χ4v) is 2.98. The highest BCUT2D eigenvalue weighted by Crippen LogP contribution is 2.26. The molecule has 0 amide bonds. The summed E-state index contributed by atoms with van der Waals surface area (Å²) in [6.07, 6.45) is 0. The van der Waals surface area contributed by atoms with Crippen LogP contribution < -0.4 is 8.92 Å². The lowest BCUT2D eigenvalue weighted by Crippen LogP contribution is -2.10. The van der Waals surface area contributed by atoms with Crippen LogP contribution in [-0.4, -0.2) is 15.5 Å². The minimum Gasteiger partial charge on any atom is -0.496 e. The highest BCUT2D eigenvalue weighted by molar-refractivity contribution is 7.87. The molecule has 0 spiro atoms. The third-order valence-electron chi connectivity index (χ3n) is 2.99. The first-order valence-corrected chi connectivity index (χ1v) is 7.97. The molecule has 0 aliphatic carbocycles. The predicted octanol–water partition coefficient (Wildman–Crippen LogP) is 3.73.